The molecule has 10 nitrogen and oxygen atoms in total. The van der Waals surface area contributed by atoms with Gasteiger partial charge >= 0.3 is 0 Å². The van der Waals surface area contributed by atoms with E-state index >= 15 is 0 Å². The van der Waals surface area contributed by atoms with Gasteiger partial charge in [-0.2, -0.15) is 0 Å². The fourth-order valence-electron chi connectivity index (χ4n) is 5.48. The molecule has 2 aliphatic rings. The lowest BCUT2D eigenvalue weighted by atomic mass is 9.95. The number of ether oxygens (including phenoxy) is 3. The van der Waals surface area contributed by atoms with Gasteiger partial charge in [0.25, 0.3) is 11.8 Å². The van der Waals surface area contributed by atoms with Crippen molar-refractivity contribution in [2.45, 2.75) is 38.1 Å². The number of likely N-dealkylation sites (tertiary alicyclic amines) is 1. The van der Waals surface area contributed by atoms with Crippen molar-refractivity contribution in [3.8, 4) is 11.5 Å². The third kappa shape index (κ3) is 5.60. The summed E-state index contributed by atoms with van der Waals surface area (Å²) in [6.45, 7) is 2.88. The summed E-state index contributed by atoms with van der Waals surface area (Å²) >= 11 is 0. The van der Waals surface area contributed by atoms with Gasteiger partial charge in [0.2, 0.25) is 5.91 Å². The molecule has 5 rings (SSSR count). The number of methoxy groups -OCH3 is 2. The van der Waals surface area contributed by atoms with Crippen LogP contribution in [0.2, 0.25) is 0 Å². The van der Waals surface area contributed by atoms with Gasteiger partial charge in [0, 0.05) is 37.7 Å². The molecule has 0 radical (unpaired) electrons. The average Bonchev–Trinajstić information content (AvgIpc) is 3.38. The monoisotopic (exact) mass is 558 g/mol. The zero-order valence-corrected chi connectivity index (χ0v) is 23.5. The third-order valence-corrected chi connectivity index (χ3v) is 7.72. The number of hydrogen-bond donors (Lipinski definition) is 1. The van der Waals surface area contributed by atoms with Crippen molar-refractivity contribution in [2.24, 2.45) is 0 Å². The molecule has 3 heterocycles. The van der Waals surface area contributed by atoms with Gasteiger partial charge in [-0.3, -0.25) is 24.3 Å². The van der Waals surface area contributed by atoms with Crippen LogP contribution in [0, 0.1) is 6.92 Å². The maximum absolute atomic E-state index is 14.0. The summed E-state index contributed by atoms with van der Waals surface area (Å²) in [5.74, 6) is 0.0188. The molecule has 2 saturated heterocycles. The Bertz CT molecular complexity index is 1380. The predicted molar refractivity (Wildman–Crippen MR) is 151 cm³/mol. The second-order valence-corrected chi connectivity index (χ2v) is 10.2. The van der Waals surface area contributed by atoms with Crippen LogP contribution in [0.3, 0.4) is 0 Å². The van der Waals surface area contributed by atoms with Crippen LogP contribution < -0.4 is 14.8 Å². The Morgan fingerprint density at radius 1 is 0.951 bits per heavy atom. The van der Waals surface area contributed by atoms with Gasteiger partial charge < -0.3 is 24.4 Å². The predicted octanol–water partition coefficient (Wildman–Crippen LogP) is 3.20. The molecule has 0 bridgehead atoms. The maximum Gasteiger partial charge on any atom is 0.261 e. The minimum Gasteiger partial charge on any atom is -0.496 e. The first-order valence-corrected chi connectivity index (χ1v) is 13.6. The Labute approximate surface area is 239 Å². The number of aryl methyl sites for hydroxylation is 1. The largest absolute Gasteiger partial charge is 0.496 e. The number of nitrogens with one attached hydrogen (secondary N) is 1. The molecule has 0 saturated carbocycles. The molecule has 1 N–H and O–H groups in total. The third-order valence-electron chi connectivity index (χ3n) is 7.72. The minimum absolute atomic E-state index is 0.0555. The van der Waals surface area contributed by atoms with Gasteiger partial charge in [0.05, 0.1) is 33.1 Å². The highest BCUT2D eigenvalue weighted by Gasteiger charge is 2.54. The van der Waals surface area contributed by atoms with Crippen molar-refractivity contribution in [1.29, 1.82) is 0 Å². The van der Waals surface area contributed by atoms with Gasteiger partial charge in [0.15, 0.2) is 0 Å². The first-order chi connectivity index (χ1) is 19.9. The topological polar surface area (TPSA) is 110 Å². The molecule has 10 heteroatoms. The number of carbonyl (C=O) groups excluding carboxylic acids is 3. The van der Waals surface area contributed by atoms with Gasteiger partial charge in [-0.15, -0.1) is 0 Å². The smallest absolute Gasteiger partial charge is 0.261 e. The van der Waals surface area contributed by atoms with Crippen molar-refractivity contribution < 1.29 is 28.6 Å². The summed E-state index contributed by atoms with van der Waals surface area (Å²) < 4.78 is 17.2. The normalized spacial score (nSPS) is 17.8. The van der Waals surface area contributed by atoms with Crippen LogP contribution in [0.15, 0.2) is 66.9 Å². The number of piperidine rings is 1. The maximum atomic E-state index is 14.0. The van der Waals surface area contributed by atoms with E-state index in [1.165, 1.54) is 14.2 Å². The number of benzene rings is 2. The lowest BCUT2D eigenvalue weighted by molar-refractivity contribution is -0.128. The molecule has 1 aromatic heterocycles. The summed E-state index contributed by atoms with van der Waals surface area (Å²) in [7, 11) is 3.02. The highest BCUT2D eigenvalue weighted by Crippen LogP contribution is 2.40. The molecular weight excluding hydrogens is 524 g/mol. The Kier molecular flexibility index (Phi) is 8.21. The molecule has 1 unspecified atom stereocenters. The first kappa shape index (κ1) is 28.1. The van der Waals surface area contributed by atoms with E-state index < -0.39 is 11.8 Å². The summed E-state index contributed by atoms with van der Waals surface area (Å²) in [5.41, 5.74) is 1.53. The van der Waals surface area contributed by atoms with E-state index in [1.807, 2.05) is 37.3 Å². The molecule has 2 fully saturated rings. The van der Waals surface area contributed by atoms with Crippen LogP contribution in [0.1, 0.15) is 44.8 Å². The Hall–Kier alpha value is -4.44. The van der Waals surface area contributed by atoms with Gasteiger partial charge in [-0.1, -0.05) is 29.8 Å². The van der Waals surface area contributed by atoms with Crippen LogP contribution in [0.5, 0.6) is 11.5 Å². The number of carbonyl (C=O) groups is 3. The molecule has 214 valence electrons. The van der Waals surface area contributed by atoms with E-state index in [9.17, 15) is 14.4 Å². The number of nitrogens with zero attached hydrogens (tertiary/aromatic N) is 3. The van der Waals surface area contributed by atoms with E-state index in [0.717, 1.165) is 5.56 Å². The number of rotatable bonds is 7. The standard InChI is InChI=1S/C31H34N4O6/c1-21-10-12-22(13-11-21)29(37)35-24(28(36)33-19-23-7-4-5-16-32-23)20-41-31(35)14-17-34(18-15-31)30(38)27-25(39-2)8-6-9-26(27)40-3/h4-13,16,24H,14-15,17-20H2,1-3H3,(H,33,36). The van der Waals surface area contributed by atoms with Crippen molar-refractivity contribution in [3.05, 3.63) is 89.2 Å². The van der Waals surface area contributed by atoms with Gasteiger partial charge in [-0.25, -0.2) is 0 Å². The van der Waals surface area contributed by atoms with Crippen molar-refractivity contribution in [1.82, 2.24) is 20.1 Å². The molecule has 2 aliphatic heterocycles. The van der Waals surface area contributed by atoms with Gasteiger partial charge in [0.1, 0.15) is 28.8 Å². The fourth-order valence-corrected chi connectivity index (χ4v) is 5.48. The van der Waals surface area contributed by atoms with E-state index in [4.69, 9.17) is 14.2 Å². The summed E-state index contributed by atoms with van der Waals surface area (Å²) in [6.07, 6.45) is 2.35. The van der Waals surface area contributed by atoms with E-state index in [-0.39, 0.29) is 30.9 Å². The molecule has 3 amide bonds. The lowest BCUT2D eigenvalue weighted by Gasteiger charge is -2.44. The van der Waals surface area contributed by atoms with Crippen molar-refractivity contribution in [3.63, 3.8) is 0 Å². The van der Waals surface area contributed by atoms with E-state index in [0.29, 0.717) is 54.3 Å². The van der Waals surface area contributed by atoms with Gasteiger partial charge in [-0.05, 0) is 43.3 Å². The number of amides is 3. The Morgan fingerprint density at radius 3 is 2.24 bits per heavy atom. The van der Waals surface area contributed by atoms with E-state index in [1.54, 1.807) is 46.3 Å². The van der Waals surface area contributed by atoms with Crippen molar-refractivity contribution >= 4 is 17.7 Å². The highest BCUT2D eigenvalue weighted by atomic mass is 16.5. The second-order valence-electron chi connectivity index (χ2n) is 10.2. The second kappa shape index (κ2) is 12.0. The summed E-state index contributed by atoms with van der Waals surface area (Å²) in [4.78, 5) is 48.6. The molecule has 3 aromatic rings. The Morgan fingerprint density at radius 2 is 1.63 bits per heavy atom. The molecule has 1 atom stereocenters. The number of hydrogen-bond acceptors (Lipinski definition) is 7. The zero-order valence-electron chi connectivity index (χ0n) is 23.5. The van der Waals surface area contributed by atoms with Crippen LogP contribution in [0.4, 0.5) is 0 Å². The SMILES string of the molecule is COc1cccc(OC)c1C(=O)N1CCC2(CC1)OCC(C(=O)NCc1ccccn1)N2C(=O)c1ccc(C)cc1. The van der Waals surface area contributed by atoms with Crippen LogP contribution in [0.25, 0.3) is 0 Å². The highest BCUT2D eigenvalue weighted by molar-refractivity contribution is 6.00. The number of pyridine rings is 1. The molecule has 0 aliphatic carbocycles. The van der Waals surface area contributed by atoms with Crippen LogP contribution in [-0.2, 0) is 16.1 Å². The van der Waals surface area contributed by atoms with Crippen LogP contribution >= 0.6 is 0 Å². The average molecular weight is 559 g/mol. The first-order valence-electron chi connectivity index (χ1n) is 13.6. The minimum atomic E-state index is -1.03. The molecular formula is C31H34N4O6. The zero-order chi connectivity index (χ0) is 29.0. The molecule has 1 spiro atoms. The lowest BCUT2D eigenvalue weighted by Crippen LogP contribution is -2.59. The summed E-state index contributed by atoms with van der Waals surface area (Å²) in [6, 6.07) is 17.1. The molecule has 41 heavy (non-hydrogen) atoms. The van der Waals surface area contributed by atoms with E-state index in [2.05, 4.69) is 10.3 Å². The quantitative estimate of drug-likeness (QED) is 0.474. The summed E-state index contributed by atoms with van der Waals surface area (Å²) in [5, 5.41) is 2.91. The molecule has 2 aromatic carbocycles. The van der Waals surface area contributed by atoms with Crippen molar-refractivity contribution in [2.75, 3.05) is 33.9 Å². The fraction of sp³-hybridized carbons (Fsp3) is 0.355. The Balaban J connectivity index is 1.38. The number of aromatic nitrogens is 1. The van der Waals surface area contributed by atoms with Crippen LogP contribution in [-0.4, -0.2) is 78.2 Å².